The third-order valence-corrected chi connectivity index (χ3v) is 5.03. The van der Waals surface area contributed by atoms with Gasteiger partial charge in [-0.1, -0.05) is 18.2 Å². The molecule has 1 amide bonds. The van der Waals surface area contributed by atoms with Gasteiger partial charge in [0.1, 0.15) is 5.82 Å². The fourth-order valence-electron chi connectivity index (χ4n) is 3.29. The maximum atomic E-state index is 11.0. The van der Waals surface area contributed by atoms with Crippen molar-refractivity contribution in [3.8, 4) is 11.1 Å². The molecule has 0 spiro atoms. The summed E-state index contributed by atoms with van der Waals surface area (Å²) in [6.07, 6.45) is -2.62. The Morgan fingerprint density at radius 3 is 2.20 bits per heavy atom. The highest BCUT2D eigenvalue weighted by atomic mass is 16.5. The zero-order valence-electron chi connectivity index (χ0n) is 19.3. The number of aliphatic hydroxyl groups excluding tert-OH is 2. The van der Waals surface area contributed by atoms with Crippen LogP contribution in [-0.4, -0.2) is 100 Å². The van der Waals surface area contributed by atoms with Gasteiger partial charge in [-0.05, 0) is 36.4 Å². The summed E-state index contributed by atoms with van der Waals surface area (Å²) in [5.74, 6) is -2.87. The molecule has 12 heteroatoms. The van der Waals surface area contributed by atoms with Gasteiger partial charge in [-0.2, -0.15) is 0 Å². The molecule has 2 atom stereocenters. The highest BCUT2D eigenvalue weighted by molar-refractivity contribution is 5.83. The average molecular weight is 491 g/mol. The van der Waals surface area contributed by atoms with Crippen LogP contribution in [0.15, 0.2) is 42.6 Å². The Kier molecular flexibility index (Phi) is 10.5. The molecule has 1 aliphatic heterocycles. The molecule has 1 fully saturated rings. The number of carboxylic acid groups (broad SMARTS) is 2. The van der Waals surface area contributed by atoms with Gasteiger partial charge in [0.15, 0.2) is 12.2 Å². The van der Waals surface area contributed by atoms with E-state index in [2.05, 4.69) is 40.2 Å². The lowest BCUT2D eigenvalue weighted by Crippen LogP contribution is -2.39. The van der Waals surface area contributed by atoms with Gasteiger partial charge in [0.05, 0.1) is 19.8 Å². The van der Waals surface area contributed by atoms with E-state index in [1.54, 1.807) is 0 Å². The van der Waals surface area contributed by atoms with Crippen molar-refractivity contribution in [1.29, 1.82) is 0 Å². The number of aromatic nitrogens is 1. The van der Waals surface area contributed by atoms with Crippen LogP contribution in [0.2, 0.25) is 0 Å². The van der Waals surface area contributed by atoms with Crippen LogP contribution in [0.1, 0.15) is 5.56 Å². The summed E-state index contributed by atoms with van der Waals surface area (Å²) in [5, 5.41) is 32.5. The first-order chi connectivity index (χ1) is 16.6. The minimum atomic E-state index is -2.27. The molecule has 2 aromatic rings. The van der Waals surface area contributed by atoms with Gasteiger partial charge in [-0.25, -0.2) is 14.6 Å². The maximum absolute atomic E-state index is 11.0. The Labute approximate surface area is 202 Å². The number of rotatable bonds is 9. The SMILES string of the molecule is CN(CC(N)=O)Cc1cccc(-c2ccc(N3CCOCC3)nc2)c1.O=C(O)[C@H](O)[C@@H](O)C(=O)O. The van der Waals surface area contributed by atoms with E-state index in [0.29, 0.717) is 6.54 Å². The molecule has 35 heavy (non-hydrogen) atoms. The number of nitrogens with two attached hydrogens (primary N) is 1. The quantitative estimate of drug-likeness (QED) is 0.301. The molecule has 0 aliphatic carbocycles. The molecule has 3 rings (SSSR count). The smallest absolute Gasteiger partial charge is 0.335 e. The van der Waals surface area contributed by atoms with Crippen LogP contribution in [0.5, 0.6) is 0 Å². The summed E-state index contributed by atoms with van der Waals surface area (Å²) in [6.45, 7) is 4.20. The van der Waals surface area contributed by atoms with Crippen molar-refractivity contribution in [3.05, 3.63) is 48.2 Å². The molecule has 2 heterocycles. The number of primary amides is 1. The lowest BCUT2D eigenvalue weighted by Gasteiger charge is -2.27. The van der Waals surface area contributed by atoms with Gasteiger partial charge in [0.2, 0.25) is 5.91 Å². The zero-order chi connectivity index (χ0) is 26.0. The molecule has 1 saturated heterocycles. The second-order valence-corrected chi connectivity index (χ2v) is 7.91. The number of hydrogen-bond donors (Lipinski definition) is 5. The van der Waals surface area contributed by atoms with Crippen LogP contribution in [-0.2, 0) is 25.7 Å². The summed E-state index contributed by atoms with van der Waals surface area (Å²) < 4.78 is 5.38. The van der Waals surface area contributed by atoms with E-state index in [1.807, 2.05) is 24.2 Å². The summed E-state index contributed by atoms with van der Waals surface area (Å²) in [4.78, 5) is 39.3. The summed E-state index contributed by atoms with van der Waals surface area (Å²) >= 11 is 0. The number of carbonyl (C=O) groups excluding carboxylic acids is 1. The molecule has 6 N–H and O–H groups in total. The second kappa shape index (κ2) is 13.3. The van der Waals surface area contributed by atoms with Gasteiger partial charge in [-0.15, -0.1) is 0 Å². The first-order valence-electron chi connectivity index (χ1n) is 10.7. The van der Waals surface area contributed by atoms with E-state index in [-0.39, 0.29) is 12.5 Å². The van der Waals surface area contributed by atoms with Gasteiger partial charge >= 0.3 is 11.9 Å². The molecule has 0 bridgehead atoms. The number of aliphatic carboxylic acids is 2. The Morgan fingerprint density at radius 1 is 1.06 bits per heavy atom. The second-order valence-electron chi connectivity index (χ2n) is 7.91. The largest absolute Gasteiger partial charge is 0.479 e. The summed E-state index contributed by atoms with van der Waals surface area (Å²) in [7, 11) is 1.89. The first kappa shape index (κ1) is 27.7. The number of carboxylic acids is 2. The van der Waals surface area contributed by atoms with E-state index >= 15 is 0 Å². The number of amides is 1. The Morgan fingerprint density at radius 2 is 1.69 bits per heavy atom. The van der Waals surface area contributed by atoms with Crippen LogP contribution in [0, 0.1) is 0 Å². The van der Waals surface area contributed by atoms with E-state index in [9.17, 15) is 14.4 Å². The van der Waals surface area contributed by atoms with E-state index in [0.717, 1.165) is 48.8 Å². The molecule has 0 unspecified atom stereocenters. The minimum Gasteiger partial charge on any atom is -0.479 e. The van der Waals surface area contributed by atoms with Crippen molar-refractivity contribution in [1.82, 2.24) is 9.88 Å². The number of anilines is 1. The average Bonchev–Trinajstić information content (AvgIpc) is 2.83. The molecule has 1 aliphatic rings. The first-order valence-corrected chi connectivity index (χ1v) is 10.7. The van der Waals surface area contributed by atoms with Crippen molar-refractivity contribution < 1.29 is 39.5 Å². The third kappa shape index (κ3) is 8.94. The number of pyridine rings is 1. The van der Waals surface area contributed by atoms with Crippen LogP contribution in [0.4, 0.5) is 5.82 Å². The zero-order valence-corrected chi connectivity index (χ0v) is 19.3. The summed E-state index contributed by atoms with van der Waals surface area (Å²) in [6, 6.07) is 12.4. The Bertz CT molecular complexity index is 977. The van der Waals surface area contributed by atoms with Crippen LogP contribution in [0.25, 0.3) is 11.1 Å². The van der Waals surface area contributed by atoms with Crippen LogP contribution < -0.4 is 10.6 Å². The van der Waals surface area contributed by atoms with Gasteiger partial charge in [0, 0.05) is 31.4 Å². The van der Waals surface area contributed by atoms with E-state index in [4.69, 9.17) is 30.9 Å². The number of likely N-dealkylation sites (N-methyl/N-ethyl adjacent to an activating group) is 1. The fourth-order valence-corrected chi connectivity index (χ4v) is 3.29. The van der Waals surface area contributed by atoms with Crippen molar-refractivity contribution in [3.63, 3.8) is 0 Å². The minimum absolute atomic E-state index is 0.250. The number of ether oxygens (including phenoxy) is 1. The Hall–Kier alpha value is -3.58. The number of carbonyl (C=O) groups is 3. The molecular weight excluding hydrogens is 460 g/mol. The third-order valence-electron chi connectivity index (χ3n) is 5.03. The number of benzene rings is 1. The van der Waals surface area contributed by atoms with Gasteiger partial charge in [-0.3, -0.25) is 9.69 Å². The number of morpholine rings is 1. The van der Waals surface area contributed by atoms with E-state index in [1.165, 1.54) is 0 Å². The lowest BCUT2D eigenvalue weighted by atomic mass is 10.0. The molecular formula is C23H30N4O8. The predicted molar refractivity (Wildman–Crippen MR) is 126 cm³/mol. The molecule has 190 valence electrons. The number of nitrogens with zero attached hydrogens (tertiary/aromatic N) is 3. The normalized spacial score (nSPS) is 15.0. The van der Waals surface area contributed by atoms with Gasteiger partial charge in [0.25, 0.3) is 0 Å². The van der Waals surface area contributed by atoms with Crippen molar-refractivity contribution in [2.75, 3.05) is 44.8 Å². The topological polar surface area (TPSA) is 187 Å². The van der Waals surface area contributed by atoms with Crippen molar-refractivity contribution in [2.45, 2.75) is 18.8 Å². The monoisotopic (exact) mass is 490 g/mol. The number of aliphatic hydroxyl groups is 2. The number of hydrogen-bond acceptors (Lipinski definition) is 9. The van der Waals surface area contributed by atoms with Crippen LogP contribution >= 0.6 is 0 Å². The molecule has 1 aromatic carbocycles. The summed E-state index contributed by atoms with van der Waals surface area (Å²) in [5.41, 5.74) is 8.58. The maximum Gasteiger partial charge on any atom is 0.335 e. The lowest BCUT2D eigenvalue weighted by molar-refractivity contribution is -0.165. The van der Waals surface area contributed by atoms with Gasteiger partial charge < -0.3 is 35.8 Å². The van der Waals surface area contributed by atoms with E-state index < -0.39 is 24.1 Å². The van der Waals surface area contributed by atoms with Crippen molar-refractivity contribution in [2.24, 2.45) is 5.73 Å². The van der Waals surface area contributed by atoms with Crippen LogP contribution in [0.3, 0.4) is 0 Å². The fraction of sp³-hybridized carbons (Fsp3) is 0.391. The van der Waals surface area contributed by atoms with Crippen molar-refractivity contribution >= 4 is 23.7 Å². The Balaban J connectivity index is 0.000000367. The highest BCUT2D eigenvalue weighted by Gasteiger charge is 2.29. The molecule has 0 radical (unpaired) electrons. The molecule has 12 nitrogen and oxygen atoms in total. The standard InChI is InChI=1S/C19H24N4O2.C4H6O6/c1-22(14-18(20)24)13-15-3-2-4-16(11-15)17-5-6-19(21-12-17)23-7-9-25-10-8-23;5-1(3(7)8)2(6)4(9)10/h2-6,11-12H,7-10,13-14H2,1H3,(H2,20,24);1-2,5-6H,(H,7,8)(H,9,10)/t;1-,2-/m.1/s1. The predicted octanol–water partition coefficient (Wildman–Crippen LogP) is -0.620. The molecule has 0 saturated carbocycles. The highest BCUT2D eigenvalue weighted by Crippen LogP contribution is 2.23. The molecule has 1 aromatic heterocycles.